The number of benzene rings is 1. The zero-order valence-corrected chi connectivity index (χ0v) is 19.6. The molecule has 0 spiro atoms. The van der Waals surface area contributed by atoms with Gasteiger partial charge in [-0.1, -0.05) is 29.8 Å². The van der Waals surface area contributed by atoms with Crippen molar-refractivity contribution in [1.29, 1.82) is 0 Å². The van der Waals surface area contributed by atoms with Crippen molar-refractivity contribution < 1.29 is 47.9 Å². The molecule has 5 nitrogen and oxygen atoms in total. The Bertz CT molecular complexity index is 791. The van der Waals surface area contributed by atoms with E-state index in [1.54, 1.807) is 12.1 Å². The number of aryl methyl sites for hydroxylation is 1. The van der Waals surface area contributed by atoms with Crippen LogP contribution in [0, 0.1) is 24.7 Å². The minimum absolute atomic E-state index is 0. The number of fused-ring (bicyclic) bond motifs is 2. The molecule has 0 aromatic heterocycles. The van der Waals surface area contributed by atoms with Gasteiger partial charge in [-0.2, -0.15) is 0 Å². The van der Waals surface area contributed by atoms with E-state index in [1.807, 2.05) is 25.1 Å². The molecule has 1 N–H and O–H groups in total. The number of aliphatic carboxylic acids is 1. The van der Waals surface area contributed by atoms with Crippen molar-refractivity contribution in [3.05, 3.63) is 42.0 Å². The van der Waals surface area contributed by atoms with Crippen LogP contribution in [0.1, 0.15) is 50.5 Å². The molecular weight excluding hydrogens is 385 g/mol. The third-order valence-corrected chi connectivity index (χ3v) is 7.51. The number of sulfonamides is 1. The third-order valence-electron chi connectivity index (χ3n) is 6.04. The van der Waals surface area contributed by atoms with Crippen LogP contribution in [0.25, 0.3) is 0 Å². The van der Waals surface area contributed by atoms with Crippen LogP contribution in [-0.2, 0) is 14.8 Å². The van der Waals surface area contributed by atoms with Crippen LogP contribution in [0.15, 0.2) is 41.3 Å². The minimum atomic E-state index is -3.51. The fourth-order valence-electron chi connectivity index (χ4n) is 4.63. The van der Waals surface area contributed by atoms with Crippen LogP contribution in [-0.4, -0.2) is 20.4 Å². The predicted octanol–water partition coefficient (Wildman–Crippen LogP) is -0.441. The van der Waals surface area contributed by atoms with Gasteiger partial charge in [-0.25, -0.2) is 13.1 Å². The molecule has 4 atom stereocenters. The zero-order chi connectivity index (χ0) is 19.4. The molecule has 0 aliphatic heterocycles. The zero-order valence-electron chi connectivity index (χ0n) is 16.8. The number of carboxylic acid groups (broad SMARTS) is 1. The number of carbonyl (C=O) groups excluding carboxylic acids is 1. The molecule has 1 unspecified atom stereocenters. The first-order valence-electron chi connectivity index (χ1n) is 9.80. The van der Waals surface area contributed by atoms with E-state index >= 15 is 0 Å². The van der Waals surface area contributed by atoms with Gasteiger partial charge in [0.05, 0.1) is 4.90 Å². The normalized spacial score (nSPS) is 26.5. The maximum absolute atomic E-state index is 12.8. The first-order valence-corrected chi connectivity index (χ1v) is 11.3. The van der Waals surface area contributed by atoms with Gasteiger partial charge >= 0.3 is 29.6 Å². The number of rotatable bonds is 9. The van der Waals surface area contributed by atoms with Gasteiger partial charge in [0.25, 0.3) is 0 Å². The number of nitrogens with one attached hydrogen (secondary N) is 1. The van der Waals surface area contributed by atoms with Crippen molar-refractivity contribution in [3.63, 3.8) is 0 Å². The fourth-order valence-corrected chi connectivity index (χ4v) is 5.99. The van der Waals surface area contributed by atoms with E-state index < -0.39 is 16.0 Å². The van der Waals surface area contributed by atoms with E-state index in [1.165, 1.54) is 6.42 Å². The standard InChI is InChI=1S/C21H29NO4S.Na/c1-15-8-12-18(13-9-15)27(25,26)22-21-17-11-10-16(14-17)19(21)6-4-2-3-5-7-20(23)24;/h2,4,8-9,12-13,16-17,19,21-22H,3,5-7,10-11,14H2,1H3,(H,23,24);/q;+1/p-1/b4-2-;/t16-,17?,19+,21+;/m1./s1. The van der Waals surface area contributed by atoms with E-state index in [0.717, 1.165) is 24.8 Å². The summed E-state index contributed by atoms with van der Waals surface area (Å²) in [6.07, 6.45) is 9.70. The van der Waals surface area contributed by atoms with Crippen LogP contribution in [0.5, 0.6) is 0 Å². The summed E-state index contributed by atoms with van der Waals surface area (Å²) in [6, 6.07) is 6.96. The van der Waals surface area contributed by atoms with Gasteiger partial charge < -0.3 is 9.90 Å². The summed E-state index contributed by atoms with van der Waals surface area (Å²) in [6.45, 7) is 1.94. The second kappa shape index (κ2) is 10.4. The van der Waals surface area contributed by atoms with Crippen LogP contribution < -0.4 is 39.4 Å². The van der Waals surface area contributed by atoms with Gasteiger partial charge in [-0.15, -0.1) is 0 Å². The van der Waals surface area contributed by atoms with Gasteiger partial charge in [0.1, 0.15) is 0 Å². The third kappa shape index (κ3) is 5.92. The quantitative estimate of drug-likeness (QED) is 0.338. The Hall–Kier alpha value is -0.660. The van der Waals surface area contributed by atoms with Gasteiger partial charge in [0.2, 0.25) is 10.0 Å². The largest absolute Gasteiger partial charge is 1.00 e. The van der Waals surface area contributed by atoms with E-state index in [9.17, 15) is 18.3 Å². The molecule has 2 aliphatic rings. The van der Waals surface area contributed by atoms with Crippen molar-refractivity contribution in [2.24, 2.45) is 17.8 Å². The monoisotopic (exact) mass is 413 g/mol. The minimum Gasteiger partial charge on any atom is -0.550 e. The van der Waals surface area contributed by atoms with E-state index in [2.05, 4.69) is 10.8 Å². The van der Waals surface area contributed by atoms with Crippen LogP contribution in [0.3, 0.4) is 0 Å². The molecule has 2 bridgehead atoms. The summed E-state index contributed by atoms with van der Waals surface area (Å²) in [5.41, 5.74) is 1.04. The molecule has 0 saturated heterocycles. The SMILES string of the molecule is Cc1ccc(S(=O)(=O)N[C@H]2C3CC[C@H](C3)[C@@H]2C/C=C\CCCC(=O)[O-])cc1.[Na+]. The molecule has 2 aliphatic carbocycles. The van der Waals surface area contributed by atoms with Crippen molar-refractivity contribution >= 4 is 16.0 Å². The van der Waals surface area contributed by atoms with Crippen molar-refractivity contribution in [2.45, 2.75) is 62.8 Å². The Morgan fingerprint density at radius 2 is 1.86 bits per heavy atom. The Balaban J connectivity index is 0.00000280. The summed E-state index contributed by atoms with van der Waals surface area (Å²) in [4.78, 5) is 10.8. The van der Waals surface area contributed by atoms with Gasteiger partial charge in [-0.05, 0) is 81.8 Å². The molecular formula is C21H28NNaO4S. The van der Waals surface area contributed by atoms with Gasteiger partial charge in [-0.3, -0.25) is 0 Å². The molecule has 0 amide bonds. The maximum Gasteiger partial charge on any atom is 1.00 e. The summed E-state index contributed by atoms with van der Waals surface area (Å²) in [5, 5.41) is 10.4. The molecule has 1 aromatic rings. The van der Waals surface area contributed by atoms with Crippen LogP contribution in [0.2, 0.25) is 0 Å². The second-order valence-electron chi connectivity index (χ2n) is 7.93. The number of hydrogen-bond acceptors (Lipinski definition) is 4. The maximum atomic E-state index is 12.8. The molecule has 28 heavy (non-hydrogen) atoms. The molecule has 0 radical (unpaired) electrons. The van der Waals surface area contributed by atoms with Crippen LogP contribution in [0.4, 0.5) is 0 Å². The van der Waals surface area contributed by atoms with Gasteiger partial charge in [0, 0.05) is 12.0 Å². The molecule has 7 heteroatoms. The summed E-state index contributed by atoms with van der Waals surface area (Å²) in [7, 11) is -3.51. The molecule has 148 valence electrons. The first-order chi connectivity index (χ1) is 12.9. The van der Waals surface area contributed by atoms with E-state index in [-0.39, 0.29) is 42.0 Å². The summed E-state index contributed by atoms with van der Waals surface area (Å²) < 4.78 is 28.6. The number of unbranched alkanes of at least 4 members (excludes halogenated alkanes) is 1. The molecule has 2 fully saturated rings. The average Bonchev–Trinajstić information content (AvgIpc) is 3.20. The number of carboxylic acids is 1. The molecule has 2 saturated carbocycles. The summed E-state index contributed by atoms with van der Waals surface area (Å²) >= 11 is 0. The smallest absolute Gasteiger partial charge is 0.550 e. The van der Waals surface area contributed by atoms with Gasteiger partial charge in [0.15, 0.2) is 0 Å². The molecule has 0 heterocycles. The van der Waals surface area contributed by atoms with E-state index in [4.69, 9.17) is 0 Å². The first kappa shape index (κ1) is 23.6. The predicted molar refractivity (Wildman–Crippen MR) is 102 cm³/mol. The number of allylic oxidation sites excluding steroid dienone is 2. The number of hydrogen-bond donors (Lipinski definition) is 1. The Kier molecular flexibility index (Phi) is 8.77. The number of carbonyl (C=O) groups is 1. The fraction of sp³-hybridized carbons (Fsp3) is 0.571. The van der Waals surface area contributed by atoms with Crippen LogP contribution >= 0.6 is 0 Å². The van der Waals surface area contributed by atoms with Crippen molar-refractivity contribution in [3.8, 4) is 0 Å². The Morgan fingerprint density at radius 3 is 2.54 bits per heavy atom. The summed E-state index contributed by atoms with van der Waals surface area (Å²) in [5.74, 6) is 0.309. The molecule has 1 aromatic carbocycles. The average molecular weight is 414 g/mol. The van der Waals surface area contributed by atoms with Crippen molar-refractivity contribution in [2.75, 3.05) is 0 Å². The second-order valence-corrected chi connectivity index (χ2v) is 9.64. The molecule has 3 rings (SSSR count). The topological polar surface area (TPSA) is 86.3 Å². The van der Waals surface area contributed by atoms with Crippen molar-refractivity contribution in [1.82, 2.24) is 4.72 Å². The van der Waals surface area contributed by atoms with E-state index in [0.29, 0.717) is 35.5 Å². The Labute approximate surface area is 190 Å². The Morgan fingerprint density at radius 1 is 1.18 bits per heavy atom.